The number of anilines is 2. The molecule has 232 valence electrons. The van der Waals surface area contributed by atoms with E-state index in [0.717, 1.165) is 17.4 Å². The van der Waals surface area contributed by atoms with E-state index in [2.05, 4.69) is 25.3 Å². The second-order valence-corrected chi connectivity index (χ2v) is 10.9. The van der Waals surface area contributed by atoms with Crippen LogP contribution in [-0.2, 0) is 20.5 Å². The number of benzene rings is 2. The van der Waals surface area contributed by atoms with Crippen LogP contribution in [-0.4, -0.2) is 40.0 Å². The molecule has 2 aromatic carbocycles. The second-order valence-electron chi connectivity index (χ2n) is 9.82. The highest BCUT2D eigenvalue weighted by Gasteiger charge is 2.43. The van der Waals surface area contributed by atoms with E-state index in [-0.39, 0.29) is 39.1 Å². The summed E-state index contributed by atoms with van der Waals surface area (Å²) in [6, 6.07) is 9.11. The minimum absolute atomic E-state index is 0.00747. The molecule has 2 aromatic heterocycles. The molecule has 8 nitrogen and oxygen atoms in total. The summed E-state index contributed by atoms with van der Waals surface area (Å²) >= 11 is 0.864. The molecule has 0 aliphatic rings. The number of nitrogens with zero attached hydrogens (tertiary/aromatic N) is 2. The normalized spacial score (nSPS) is 12.7. The Balaban J connectivity index is 1.45. The topological polar surface area (TPSA) is 110 Å². The molecule has 0 aliphatic heterocycles. The van der Waals surface area contributed by atoms with Crippen LogP contribution in [0.1, 0.15) is 36.2 Å². The van der Waals surface area contributed by atoms with E-state index in [1.165, 1.54) is 36.4 Å². The predicted octanol–water partition coefficient (Wildman–Crippen LogP) is 7.04. The van der Waals surface area contributed by atoms with Crippen molar-refractivity contribution in [2.75, 3.05) is 5.32 Å². The monoisotopic (exact) mass is 642 g/mol. The summed E-state index contributed by atoms with van der Waals surface area (Å²) in [6.45, 7) is 3.30. The van der Waals surface area contributed by atoms with Gasteiger partial charge in [-0.2, -0.15) is 31.3 Å². The lowest BCUT2D eigenvalue weighted by molar-refractivity contribution is -0.202. The number of carbonyl (C=O) groups is 3. The third kappa shape index (κ3) is 7.86. The van der Waals surface area contributed by atoms with Crippen molar-refractivity contribution in [1.82, 2.24) is 15.3 Å². The predicted molar refractivity (Wildman–Crippen MR) is 145 cm³/mol. The van der Waals surface area contributed by atoms with Gasteiger partial charge in [0.25, 0.3) is 5.91 Å². The van der Waals surface area contributed by atoms with E-state index in [1.54, 1.807) is 19.9 Å². The summed E-state index contributed by atoms with van der Waals surface area (Å²) in [6.07, 6.45) is -9.40. The number of hydrogen-bond acceptors (Lipinski definition) is 8. The quantitative estimate of drug-likeness (QED) is 0.121. The van der Waals surface area contributed by atoms with Crippen LogP contribution in [0.2, 0.25) is 0 Å². The number of nitrogens with one attached hydrogen (secondary N) is 2. The lowest BCUT2D eigenvalue weighted by Gasteiger charge is -2.19. The molecule has 2 heterocycles. The fourth-order valence-corrected chi connectivity index (χ4v) is 4.78. The smallest absolute Gasteiger partial charge is 0.385 e. The number of hydrogen-bond donors (Lipinski definition) is 2. The van der Waals surface area contributed by atoms with E-state index in [4.69, 9.17) is 0 Å². The van der Waals surface area contributed by atoms with Gasteiger partial charge in [0.15, 0.2) is 10.8 Å². The number of amides is 1. The molecule has 4 aromatic rings. The molecule has 16 heteroatoms. The number of carbonyl (C=O) groups excluding carboxylic acids is 3. The molecule has 1 atom stereocenters. The Morgan fingerprint density at radius 1 is 0.955 bits per heavy atom. The fourth-order valence-electron chi connectivity index (χ4n) is 3.90. The molecule has 44 heavy (non-hydrogen) atoms. The number of aromatic nitrogens is 2. The van der Waals surface area contributed by atoms with Crippen molar-refractivity contribution in [2.24, 2.45) is 5.92 Å². The maximum absolute atomic E-state index is 14.9. The van der Waals surface area contributed by atoms with Gasteiger partial charge in [0.05, 0.1) is 16.0 Å². The highest BCUT2D eigenvalue weighted by atomic mass is 32.1. The molecule has 2 N–H and O–H groups in total. The highest BCUT2D eigenvalue weighted by molar-refractivity contribution is 7.22. The minimum Gasteiger partial charge on any atom is -0.385 e. The van der Waals surface area contributed by atoms with E-state index >= 15 is 0 Å². The average Bonchev–Trinajstić information content (AvgIpc) is 3.34. The van der Waals surface area contributed by atoms with Crippen LogP contribution in [0, 0.1) is 11.7 Å². The van der Waals surface area contributed by atoms with Crippen molar-refractivity contribution < 1.29 is 49.9 Å². The third-order valence-electron chi connectivity index (χ3n) is 5.99. The van der Waals surface area contributed by atoms with Crippen LogP contribution in [0.5, 0.6) is 0 Å². The maximum Gasteiger partial charge on any atom is 0.491 e. The summed E-state index contributed by atoms with van der Waals surface area (Å²) in [5.41, 5.74) is 0.0159. The van der Waals surface area contributed by atoms with Crippen LogP contribution < -0.4 is 10.6 Å². The Morgan fingerprint density at radius 2 is 1.61 bits per heavy atom. The van der Waals surface area contributed by atoms with Crippen molar-refractivity contribution in [1.29, 1.82) is 0 Å². The first-order chi connectivity index (χ1) is 20.5. The van der Waals surface area contributed by atoms with Gasteiger partial charge in [-0.3, -0.25) is 4.79 Å². The van der Waals surface area contributed by atoms with Crippen LogP contribution in [0.4, 0.5) is 41.6 Å². The molecular weight excluding hydrogens is 621 g/mol. The van der Waals surface area contributed by atoms with Gasteiger partial charge in [0, 0.05) is 11.8 Å². The first kappa shape index (κ1) is 32.3. The number of alkyl halides is 6. The van der Waals surface area contributed by atoms with Gasteiger partial charge in [-0.15, -0.1) is 0 Å². The largest absolute Gasteiger partial charge is 0.491 e. The fraction of sp³-hybridized carbons (Fsp3) is 0.250. The van der Waals surface area contributed by atoms with Gasteiger partial charge in [-0.25, -0.2) is 19.0 Å². The summed E-state index contributed by atoms with van der Waals surface area (Å²) in [5, 5.41) is 5.12. The van der Waals surface area contributed by atoms with Crippen LogP contribution in [0.25, 0.3) is 21.5 Å². The van der Waals surface area contributed by atoms with E-state index in [9.17, 15) is 45.1 Å². The van der Waals surface area contributed by atoms with E-state index in [1.807, 2.05) is 0 Å². The van der Waals surface area contributed by atoms with Gasteiger partial charge >= 0.3 is 24.3 Å². The van der Waals surface area contributed by atoms with Crippen molar-refractivity contribution >= 4 is 50.3 Å². The van der Waals surface area contributed by atoms with E-state index in [0.29, 0.717) is 17.3 Å². The first-order valence-corrected chi connectivity index (χ1v) is 13.5. The average molecular weight is 643 g/mol. The molecular formula is C28H21F7N4O4S. The molecule has 0 saturated carbocycles. The number of rotatable bonds is 8. The lowest BCUT2D eigenvalue weighted by atomic mass is 10.0. The van der Waals surface area contributed by atoms with E-state index < -0.39 is 47.6 Å². The van der Waals surface area contributed by atoms with Gasteiger partial charge in [0.1, 0.15) is 11.9 Å². The van der Waals surface area contributed by atoms with Crippen molar-refractivity contribution in [3.8, 4) is 11.1 Å². The van der Waals surface area contributed by atoms with Gasteiger partial charge in [0.2, 0.25) is 0 Å². The molecule has 0 aliphatic carbocycles. The molecule has 4 rings (SSSR count). The van der Waals surface area contributed by atoms with Crippen molar-refractivity contribution in [3.63, 3.8) is 0 Å². The zero-order chi connectivity index (χ0) is 32.4. The van der Waals surface area contributed by atoms with Crippen LogP contribution in [0.15, 0.2) is 54.7 Å². The minimum atomic E-state index is -5.39. The molecule has 0 saturated heterocycles. The highest BCUT2D eigenvalue weighted by Crippen LogP contribution is 2.35. The third-order valence-corrected chi connectivity index (χ3v) is 6.89. The number of pyridine rings is 1. The molecule has 0 radical (unpaired) electrons. The van der Waals surface area contributed by atoms with Gasteiger partial charge < -0.3 is 15.4 Å². The maximum atomic E-state index is 14.9. The lowest BCUT2D eigenvalue weighted by Crippen LogP contribution is -2.44. The van der Waals surface area contributed by atoms with Crippen molar-refractivity contribution in [3.05, 3.63) is 71.7 Å². The summed E-state index contributed by atoms with van der Waals surface area (Å²) < 4.78 is 95.3. The van der Waals surface area contributed by atoms with Gasteiger partial charge in [-0.05, 0) is 53.8 Å². The summed E-state index contributed by atoms with van der Waals surface area (Å²) in [5.74, 6) is -6.03. The van der Waals surface area contributed by atoms with Crippen molar-refractivity contribution in [2.45, 2.75) is 38.7 Å². The Kier molecular flexibility index (Phi) is 9.22. The zero-order valence-electron chi connectivity index (χ0n) is 22.6. The number of ether oxygens (including phenoxy) is 1. The molecule has 0 bridgehead atoms. The van der Waals surface area contributed by atoms with Crippen LogP contribution in [0.3, 0.4) is 0 Å². The Bertz CT molecular complexity index is 1700. The molecule has 0 unspecified atom stereocenters. The summed E-state index contributed by atoms with van der Waals surface area (Å²) in [4.78, 5) is 43.7. The number of halogens is 7. The standard InChI is InChI=1S/C28H21F7N4O4S/c1-13(2)9-20(24(41)43-25(42)28(33,34)35)37-23(40)15-5-3-14(4-6-15)16-7-8-19(18(29)10-16)38-26-39-22-21(44-26)11-17(12-36-22)27(30,31)32/h3-8,10-13,20H,9H2,1-2H3,(H,37,40)(H,36,38,39)/t20-/m0/s1. The molecule has 0 fully saturated rings. The molecule has 0 spiro atoms. The Hall–Kier alpha value is -4.60. The number of fused-ring (bicyclic) bond motifs is 1. The summed E-state index contributed by atoms with van der Waals surface area (Å²) in [7, 11) is 0. The molecule has 1 amide bonds. The zero-order valence-corrected chi connectivity index (χ0v) is 23.5. The Morgan fingerprint density at radius 3 is 2.20 bits per heavy atom. The number of esters is 2. The number of thiazole rings is 1. The first-order valence-electron chi connectivity index (χ1n) is 12.7. The van der Waals surface area contributed by atoms with Crippen LogP contribution >= 0.6 is 11.3 Å². The second kappa shape index (κ2) is 12.6. The SMILES string of the molecule is CC(C)C[C@H](NC(=O)c1ccc(-c2ccc(Nc3nc4ncc(C(F)(F)F)cc4s3)c(F)c2)cc1)C(=O)OC(=O)C(F)(F)F. The van der Waals surface area contributed by atoms with Gasteiger partial charge in [-0.1, -0.05) is 43.4 Å². The Labute approximate surface area is 248 Å².